The van der Waals surface area contributed by atoms with Crippen molar-refractivity contribution in [1.82, 2.24) is 10.1 Å². The lowest BCUT2D eigenvalue weighted by Gasteiger charge is -2.31. The summed E-state index contributed by atoms with van der Waals surface area (Å²) < 4.78 is 20.0. The summed E-state index contributed by atoms with van der Waals surface area (Å²) in [4.78, 5) is 15.8. The van der Waals surface area contributed by atoms with E-state index >= 15 is 0 Å². The molecule has 5 rings (SSSR count). The molecule has 1 aliphatic carbocycles. The van der Waals surface area contributed by atoms with Crippen LogP contribution >= 0.6 is 23.1 Å². The number of carbonyl (C=O) groups excluding carboxylic acids is 1. The highest BCUT2D eigenvalue weighted by Gasteiger charge is 2.25. The fraction of sp³-hybridized carbons (Fsp3) is 0.478. The number of nitrogens with zero attached hydrogens (tertiary/aromatic N) is 2. The molecule has 3 aromatic rings. The molecular weight excluding hydrogens is 419 g/mol. The number of rotatable bonds is 6. The first kappa shape index (κ1) is 20.2. The maximum atomic E-state index is 13.4. The molecule has 7 heteroatoms. The van der Waals surface area contributed by atoms with Crippen molar-refractivity contribution in [3.63, 3.8) is 0 Å². The Morgan fingerprint density at radius 2 is 2.10 bits per heavy atom. The lowest BCUT2D eigenvalue weighted by molar-refractivity contribution is 0.0973. The number of carbonyl (C=O) groups is 1. The van der Waals surface area contributed by atoms with Crippen LogP contribution in [0.2, 0.25) is 0 Å². The van der Waals surface area contributed by atoms with E-state index in [0.717, 1.165) is 74.1 Å². The number of fused-ring (bicyclic) bond motifs is 2. The zero-order valence-corrected chi connectivity index (χ0v) is 18.5. The predicted octanol–water partition coefficient (Wildman–Crippen LogP) is 5.91. The summed E-state index contributed by atoms with van der Waals surface area (Å²) >= 11 is 3.71. The summed E-state index contributed by atoms with van der Waals surface area (Å²) in [6, 6.07) is 6.80. The highest BCUT2D eigenvalue weighted by Crippen LogP contribution is 2.36. The fourth-order valence-electron chi connectivity index (χ4n) is 4.56. The fourth-order valence-corrected chi connectivity index (χ4v) is 6.97. The van der Waals surface area contributed by atoms with Gasteiger partial charge in [-0.15, -0.1) is 23.1 Å². The summed E-state index contributed by atoms with van der Waals surface area (Å²) in [5, 5.41) is 5.19. The van der Waals surface area contributed by atoms with Crippen LogP contribution in [0.25, 0.3) is 11.0 Å². The van der Waals surface area contributed by atoms with E-state index < -0.39 is 0 Å². The second-order valence-corrected chi connectivity index (χ2v) is 10.7. The molecular formula is C23H25FN2O2S2. The zero-order valence-electron chi connectivity index (χ0n) is 16.9. The van der Waals surface area contributed by atoms with Gasteiger partial charge in [0.15, 0.2) is 11.4 Å². The molecule has 1 aromatic carbocycles. The van der Waals surface area contributed by atoms with Gasteiger partial charge in [0, 0.05) is 40.0 Å². The first-order chi connectivity index (χ1) is 14.7. The Hall–Kier alpha value is -1.70. The van der Waals surface area contributed by atoms with E-state index in [1.807, 2.05) is 23.1 Å². The number of piperidine rings is 1. The smallest absolute Gasteiger partial charge is 0.170 e. The second kappa shape index (κ2) is 8.81. The number of thioether (sulfide) groups is 1. The van der Waals surface area contributed by atoms with Gasteiger partial charge in [0.1, 0.15) is 5.82 Å². The standard InChI is InChI=1S/C23H25FN2O2S2/c24-16-5-6-17-20(13-16)28-25-23(17)15-7-10-26(11-8-15)9-2-12-29-22-14-18-19(27)3-1-4-21(18)30-22/h5-6,13-15H,1-4,7-12H2. The molecule has 1 aliphatic heterocycles. The average Bonchev–Trinajstić information content (AvgIpc) is 3.36. The molecule has 0 saturated carbocycles. The Morgan fingerprint density at radius 3 is 2.93 bits per heavy atom. The Bertz CT molecular complexity index is 1050. The van der Waals surface area contributed by atoms with E-state index in [0.29, 0.717) is 23.7 Å². The van der Waals surface area contributed by atoms with E-state index in [1.165, 1.54) is 21.2 Å². The largest absolute Gasteiger partial charge is 0.356 e. The van der Waals surface area contributed by atoms with Gasteiger partial charge in [0.25, 0.3) is 0 Å². The quantitative estimate of drug-likeness (QED) is 0.349. The molecule has 1 fully saturated rings. The molecule has 30 heavy (non-hydrogen) atoms. The van der Waals surface area contributed by atoms with E-state index in [2.05, 4.69) is 16.1 Å². The summed E-state index contributed by atoms with van der Waals surface area (Å²) in [6.07, 6.45) is 6.06. The number of Topliss-reactive ketones (excluding diaryl/α,β-unsaturated/α-hetero) is 1. The number of likely N-dealkylation sites (tertiary alicyclic amines) is 1. The topological polar surface area (TPSA) is 46.3 Å². The van der Waals surface area contributed by atoms with Crippen LogP contribution in [0.4, 0.5) is 4.39 Å². The van der Waals surface area contributed by atoms with Gasteiger partial charge in [-0.1, -0.05) is 5.16 Å². The Morgan fingerprint density at radius 1 is 1.23 bits per heavy atom. The van der Waals surface area contributed by atoms with Crippen molar-refractivity contribution in [1.29, 1.82) is 0 Å². The van der Waals surface area contributed by atoms with Gasteiger partial charge in [0.05, 0.1) is 9.90 Å². The Kier molecular flexibility index (Phi) is 5.94. The minimum atomic E-state index is -0.285. The monoisotopic (exact) mass is 444 g/mol. The minimum Gasteiger partial charge on any atom is -0.356 e. The van der Waals surface area contributed by atoms with E-state index in [1.54, 1.807) is 6.07 Å². The highest BCUT2D eigenvalue weighted by molar-refractivity contribution is 8.01. The van der Waals surface area contributed by atoms with Crippen LogP contribution in [0.5, 0.6) is 0 Å². The molecule has 4 nitrogen and oxygen atoms in total. The highest BCUT2D eigenvalue weighted by atomic mass is 32.2. The molecule has 0 bridgehead atoms. The number of thiophene rings is 1. The van der Waals surface area contributed by atoms with Gasteiger partial charge >= 0.3 is 0 Å². The lowest BCUT2D eigenvalue weighted by Crippen LogP contribution is -2.34. The first-order valence-electron chi connectivity index (χ1n) is 10.7. The molecule has 2 aliphatic rings. The Labute approximate surface area is 183 Å². The van der Waals surface area contributed by atoms with Gasteiger partial charge < -0.3 is 9.42 Å². The third-order valence-electron chi connectivity index (χ3n) is 6.19. The van der Waals surface area contributed by atoms with Gasteiger partial charge in [-0.3, -0.25) is 4.79 Å². The number of halogens is 1. The zero-order chi connectivity index (χ0) is 20.5. The number of ketones is 1. The number of benzene rings is 1. The molecule has 0 unspecified atom stereocenters. The van der Waals surface area contributed by atoms with Gasteiger partial charge in [0.2, 0.25) is 0 Å². The van der Waals surface area contributed by atoms with E-state index in [9.17, 15) is 9.18 Å². The number of aromatic nitrogens is 1. The molecule has 0 N–H and O–H groups in total. The minimum absolute atomic E-state index is 0.285. The van der Waals surface area contributed by atoms with E-state index in [4.69, 9.17) is 4.52 Å². The lowest BCUT2D eigenvalue weighted by atomic mass is 9.91. The van der Waals surface area contributed by atoms with Crippen LogP contribution in [0.15, 0.2) is 33.0 Å². The third kappa shape index (κ3) is 4.20. The van der Waals surface area contributed by atoms with Crippen LogP contribution in [0, 0.1) is 5.82 Å². The molecule has 3 heterocycles. The predicted molar refractivity (Wildman–Crippen MR) is 119 cm³/mol. The van der Waals surface area contributed by atoms with Crippen molar-refractivity contribution in [2.75, 3.05) is 25.4 Å². The number of aryl methyl sites for hydroxylation is 1. The molecule has 0 spiro atoms. The maximum absolute atomic E-state index is 13.4. The van der Waals surface area contributed by atoms with Gasteiger partial charge in [-0.05, 0) is 69.9 Å². The van der Waals surface area contributed by atoms with Crippen molar-refractivity contribution >= 4 is 39.9 Å². The molecule has 1 saturated heterocycles. The van der Waals surface area contributed by atoms with Crippen molar-refractivity contribution in [3.05, 3.63) is 46.2 Å². The summed E-state index contributed by atoms with van der Waals surface area (Å²) in [5.74, 6) is 1.52. The summed E-state index contributed by atoms with van der Waals surface area (Å²) in [6.45, 7) is 3.23. The third-order valence-corrected chi connectivity index (χ3v) is 8.68. The first-order valence-corrected chi connectivity index (χ1v) is 12.5. The number of hydrogen-bond donors (Lipinski definition) is 0. The van der Waals surface area contributed by atoms with Gasteiger partial charge in [-0.2, -0.15) is 0 Å². The van der Waals surface area contributed by atoms with Crippen molar-refractivity contribution in [2.24, 2.45) is 0 Å². The SMILES string of the molecule is O=C1CCCc2sc(SCCCN3CCC(c4noc5cc(F)ccc45)CC3)cc21. The van der Waals surface area contributed by atoms with Crippen molar-refractivity contribution in [3.8, 4) is 0 Å². The van der Waals surface area contributed by atoms with Crippen LogP contribution in [-0.2, 0) is 6.42 Å². The summed E-state index contributed by atoms with van der Waals surface area (Å²) in [7, 11) is 0. The van der Waals surface area contributed by atoms with Crippen molar-refractivity contribution < 1.29 is 13.7 Å². The van der Waals surface area contributed by atoms with Crippen LogP contribution < -0.4 is 0 Å². The van der Waals surface area contributed by atoms with Crippen LogP contribution in [-0.4, -0.2) is 41.2 Å². The molecule has 2 aromatic heterocycles. The summed E-state index contributed by atoms with van der Waals surface area (Å²) in [5.41, 5.74) is 2.51. The molecule has 0 atom stereocenters. The molecule has 158 valence electrons. The normalized spacial score (nSPS) is 18.2. The average molecular weight is 445 g/mol. The van der Waals surface area contributed by atoms with Crippen LogP contribution in [0.1, 0.15) is 59.0 Å². The Balaban J connectivity index is 1.08. The van der Waals surface area contributed by atoms with Gasteiger partial charge in [-0.25, -0.2) is 4.39 Å². The van der Waals surface area contributed by atoms with Crippen LogP contribution in [0.3, 0.4) is 0 Å². The van der Waals surface area contributed by atoms with E-state index in [-0.39, 0.29) is 5.82 Å². The molecule has 0 amide bonds. The maximum Gasteiger partial charge on any atom is 0.170 e. The van der Waals surface area contributed by atoms with Crippen molar-refractivity contribution in [2.45, 2.75) is 48.7 Å². The molecule has 0 radical (unpaired) electrons. The second-order valence-electron chi connectivity index (χ2n) is 8.21. The number of hydrogen-bond acceptors (Lipinski definition) is 6.